The van der Waals surface area contributed by atoms with Crippen molar-refractivity contribution < 1.29 is 22.8 Å². The number of nitrogens with zero attached hydrogens (tertiary/aromatic N) is 1. The zero-order valence-electron chi connectivity index (χ0n) is 12.9. The topological polar surface area (TPSA) is 49.4 Å². The molecule has 0 saturated carbocycles. The summed E-state index contributed by atoms with van der Waals surface area (Å²) in [6.45, 7) is 2.04. The maximum Gasteiger partial charge on any atom is 0.406 e. The Hall–Kier alpha value is -2.02. The van der Waals surface area contributed by atoms with E-state index < -0.39 is 18.6 Å². The van der Waals surface area contributed by atoms with Crippen molar-refractivity contribution >= 4 is 23.4 Å². The molecule has 0 aliphatic rings. The van der Waals surface area contributed by atoms with Crippen LogP contribution in [0.3, 0.4) is 0 Å². The van der Waals surface area contributed by atoms with Gasteiger partial charge in [0.2, 0.25) is 5.91 Å². The standard InChI is InChI=1S/C16H18ClF3N2O2/c1-2-10-22(11-16(18,19)20)14(23)4-3-9-21-15(24)12-5-7-13(17)8-6-12/h2,5-8H,1,3-4,9-11H2,(H,21,24). The minimum Gasteiger partial charge on any atom is -0.352 e. The van der Waals surface area contributed by atoms with Crippen LogP contribution in [0.15, 0.2) is 36.9 Å². The smallest absolute Gasteiger partial charge is 0.352 e. The van der Waals surface area contributed by atoms with Crippen molar-refractivity contribution in [2.24, 2.45) is 0 Å². The highest BCUT2D eigenvalue weighted by Gasteiger charge is 2.32. The number of alkyl halides is 3. The van der Waals surface area contributed by atoms with Gasteiger partial charge in [-0.3, -0.25) is 9.59 Å². The third kappa shape index (κ3) is 7.50. The molecule has 1 aromatic carbocycles. The van der Waals surface area contributed by atoms with Crippen molar-refractivity contribution in [2.75, 3.05) is 19.6 Å². The molecule has 8 heteroatoms. The van der Waals surface area contributed by atoms with Gasteiger partial charge in [-0.15, -0.1) is 6.58 Å². The second kappa shape index (κ2) is 9.32. The van der Waals surface area contributed by atoms with Gasteiger partial charge in [0.15, 0.2) is 0 Å². The monoisotopic (exact) mass is 362 g/mol. The maximum atomic E-state index is 12.4. The highest BCUT2D eigenvalue weighted by atomic mass is 35.5. The van der Waals surface area contributed by atoms with Gasteiger partial charge in [0.05, 0.1) is 0 Å². The first kappa shape index (κ1) is 20.0. The zero-order chi connectivity index (χ0) is 18.2. The average Bonchev–Trinajstić information content (AvgIpc) is 2.50. The molecule has 0 aliphatic heterocycles. The second-order valence-corrected chi connectivity index (χ2v) is 5.48. The lowest BCUT2D eigenvalue weighted by Crippen LogP contribution is -2.39. The van der Waals surface area contributed by atoms with Crippen LogP contribution in [0.4, 0.5) is 13.2 Å². The number of hydrogen-bond donors (Lipinski definition) is 1. The van der Waals surface area contributed by atoms with Crippen molar-refractivity contribution in [3.05, 3.63) is 47.5 Å². The van der Waals surface area contributed by atoms with E-state index in [1.54, 1.807) is 24.3 Å². The van der Waals surface area contributed by atoms with Crippen molar-refractivity contribution in [3.8, 4) is 0 Å². The molecule has 0 heterocycles. The Bertz CT molecular complexity index is 574. The summed E-state index contributed by atoms with van der Waals surface area (Å²) in [5.74, 6) is -0.967. The molecule has 0 spiro atoms. The summed E-state index contributed by atoms with van der Waals surface area (Å²) in [6.07, 6.45) is -3.07. The zero-order valence-corrected chi connectivity index (χ0v) is 13.7. The number of benzene rings is 1. The number of halogens is 4. The number of carbonyl (C=O) groups excluding carboxylic acids is 2. The molecule has 0 radical (unpaired) electrons. The summed E-state index contributed by atoms with van der Waals surface area (Å²) in [4.78, 5) is 24.3. The minimum absolute atomic E-state index is 0.0924. The number of amides is 2. The Morgan fingerprint density at radius 1 is 1.25 bits per heavy atom. The molecule has 24 heavy (non-hydrogen) atoms. The Kier molecular flexibility index (Phi) is 7.78. The summed E-state index contributed by atoms with van der Waals surface area (Å²) in [5.41, 5.74) is 0.413. The lowest BCUT2D eigenvalue weighted by molar-refractivity contribution is -0.160. The van der Waals surface area contributed by atoms with Gasteiger partial charge in [0, 0.05) is 30.1 Å². The SMILES string of the molecule is C=CCN(CC(F)(F)F)C(=O)CCCNC(=O)c1ccc(Cl)cc1. The van der Waals surface area contributed by atoms with Crippen LogP contribution in [-0.4, -0.2) is 42.5 Å². The van der Waals surface area contributed by atoms with Gasteiger partial charge in [-0.2, -0.15) is 13.2 Å². The molecule has 1 N–H and O–H groups in total. The van der Waals surface area contributed by atoms with Gasteiger partial charge in [-0.25, -0.2) is 0 Å². The molecular weight excluding hydrogens is 345 g/mol. The molecule has 2 amide bonds. The quantitative estimate of drug-likeness (QED) is 0.569. The Morgan fingerprint density at radius 3 is 2.42 bits per heavy atom. The predicted molar refractivity (Wildman–Crippen MR) is 85.9 cm³/mol. The van der Waals surface area contributed by atoms with E-state index >= 15 is 0 Å². The van der Waals surface area contributed by atoms with Crippen LogP contribution in [0.5, 0.6) is 0 Å². The molecule has 1 aromatic rings. The molecule has 132 valence electrons. The molecule has 0 saturated heterocycles. The summed E-state index contributed by atoms with van der Waals surface area (Å²) in [7, 11) is 0. The van der Waals surface area contributed by atoms with Crippen LogP contribution in [0, 0.1) is 0 Å². The van der Waals surface area contributed by atoms with Crippen LogP contribution in [0.25, 0.3) is 0 Å². The number of nitrogens with one attached hydrogen (secondary N) is 1. The van der Waals surface area contributed by atoms with E-state index in [-0.39, 0.29) is 31.8 Å². The summed E-state index contributed by atoms with van der Waals surface area (Å²) >= 11 is 5.72. The van der Waals surface area contributed by atoms with Crippen molar-refractivity contribution in [2.45, 2.75) is 19.0 Å². The first-order chi connectivity index (χ1) is 11.2. The fourth-order valence-electron chi connectivity index (χ4n) is 1.93. The molecule has 0 aliphatic carbocycles. The summed E-state index contributed by atoms with van der Waals surface area (Å²) < 4.78 is 37.2. The van der Waals surface area contributed by atoms with Crippen LogP contribution >= 0.6 is 11.6 Å². The Morgan fingerprint density at radius 2 is 1.88 bits per heavy atom. The van der Waals surface area contributed by atoms with Crippen LogP contribution < -0.4 is 5.32 Å². The number of rotatable bonds is 8. The molecule has 0 aromatic heterocycles. The normalized spacial score (nSPS) is 11.0. The Labute approximate surface area is 143 Å². The van der Waals surface area contributed by atoms with Crippen LogP contribution in [0.1, 0.15) is 23.2 Å². The highest BCUT2D eigenvalue weighted by molar-refractivity contribution is 6.30. The van der Waals surface area contributed by atoms with Crippen molar-refractivity contribution in [1.82, 2.24) is 10.2 Å². The van der Waals surface area contributed by atoms with Gasteiger partial charge in [0.25, 0.3) is 5.91 Å². The number of carbonyl (C=O) groups is 2. The van der Waals surface area contributed by atoms with E-state index in [0.29, 0.717) is 15.5 Å². The van der Waals surface area contributed by atoms with Gasteiger partial charge in [-0.1, -0.05) is 17.7 Å². The largest absolute Gasteiger partial charge is 0.406 e. The molecule has 0 atom stereocenters. The van der Waals surface area contributed by atoms with Crippen molar-refractivity contribution in [1.29, 1.82) is 0 Å². The first-order valence-corrected chi connectivity index (χ1v) is 7.60. The molecule has 1 rings (SSSR count). The molecule has 0 fully saturated rings. The minimum atomic E-state index is -4.46. The van der Waals surface area contributed by atoms with E-state index in [9.17, 15) is 22.8 Å². The second-order valence-electron chi connectivity index (χ2n) is 5.04. The lowest BCUT2D eigenvalue weighted by atomic mass is 10.2. The predicted octanol–water partition coefficient (Wildman–Crippen LogP) is 3.43. The lowest BCUT2D eigenvalue weighted by Gasteiger charge is -2.22. The third-order valence-corrected chi connectivity index (χ3v) is 3.28. The molecule has 4 nitrogen and oxygen atoms in total. The third-order valence-electron chi connectivity index (χ3n) is 3.03. The van der Waals surface area contributed by atoms with Crippen LogP contribution in [0.2, 0.25) is 5.02 Å². The van der Waals surface area contributed by atoms with E-state index in [4.69, 9.17) is 11.6 Å². The van der Waals surface area contributed by atoms with E-state index in [0.717, 1.165) is 0 Å². The van der Waals surface area contributed by atoms with Gasteiger partial charge in [-0.05, 0) is 30.7 Å². The van der Waals surface area contributed by atoms with Gasteiger partial charge < -0.3 is 10.2 Å². The molecule has 0 bridgehead atoms. The maximum absolute atomic E-state index is 12.4. The molecular formula is C16H18ClF3N2O2. The molecule has 0 unspecified atom stereocenters. The highest BCUT2D eigenvalue weighted by Crippen LogP contribution is 2.17. The van der Waals surface area contributed by atoms with E-state index in [1.807, 2.05) is 0 Å². The first-order valence-electron chi connectivity index (χ1n) is 7.22. The van der Waals surface area contributed by atoms with Gasteiger partial charge >= 0.3 is 6.18 Å². The number of hydrogen-bond acceptors (Lipinski definition) is 2. The van der Waals surface area contributed by atoms with Crippen LogP contribution in [-0.2, 0) is 4.79 Å². The Balaban J connectivity index is 2.39. The van der Waals surface area contributed by atoms with E-state index in [1.165, 1.54) is 6.08 Å². The summed E-state index contributed by atoms with van der Waals surface area (Å²) in [5, 5.41) is 3.10. The fourth-order valence-corrected chi connectivity index (χ4v) is 2.06. The fraction of sp³-hybridized carbons (Fsp3) is 0.375. The van der Waals surface area contributed by atoms with Gasteiger partial charge in [0.1, 0.15) is 6.54 Å². The van der Waals surface area contributed by atoms with E-state index in [2.05, 4.69) is 11.9 Å². The summed E-state index contributed by atoms with van der Waals surface area (Å²) in [6, 6.07) is 6.25. The van der Waals surface area contributed by atoms with Crippen molar-refractivity contribution in [3.63, 3.8) is 0 Å². The average molecular weight is 363 g/mol.